The molecule has 0 spiro atoms. The van der Waals surface area contributed by atoms with E-state index < -0.39 is 0 Å². The van der Waals surface area contributed by atoms with Crippen LogP contribution in [0.25, 0.3) is 22.2 Å². The molecule has 6 heteroatoms. The third-order valence-electron chi connectivity index (χ3n) is 6.43. The van der Waals surface area contributed by atoms with E-state index in [1.165, 1.54) is 0 Å². The molecule has 1 atom stereocenters. The number of fused-ring (bicyclic) bond motifs is 1. The molecule has 0 bridgehead atoms. The number of para-hydroxylation sites is 1. The van der Waals surface area contributed by atoms with Crippen molar-refractivity contribution in [3.63, 3.8) is 0 Å². The van der Waals surface area contributed by atoms with Crippen LogP contribution in [-0.4, -0.2) is 22.8 Å². The van der Waals surface area contributed by atoms with Crippen LogP contribution in [0.1, 0.15) is 23.6 Å². The zero-order chi connectivity index (χ0) is 24.5. The van der Waals surface area contributed by atoms with Gasteiger partial charge in [-0.25, -0.2) is 15.0 Å². The molecule has 0 fully saturated rings. The van der Waals surface area contributed by atoms with Gasteiger partial charge < -0.3 is 4.74 Å². The first kappa shape index (κ1) is 22.3. The minimum absolute atomic E-state index is 0.0254. The second-order valence-corrected chi connectivity index (χ2v) is 9.08. The highest BCUT2D eigenvalue weighted by Crippen LogP contribution is 2.37. The lowest BCUT2D eigenvalue weighted by atomic mass is 9.98. The summed E-state index contributed by atoms with van der Waals surface area (Å²) in [5, 5.41) is 8.69. The van der Waals surface area contributed by atoms with Crippen molar-refractivity contribution in [1.82, 2.24) is 9.97 Å². The summed E-state index contributed by atoms with van der Waals surface area (Å²) in [6.07, 6.45) is 0.739. The molecule has 0 radical (unpaired) electrons. The lowest BCUT2D eigenvalue weighted by Gasteiger charge is -2.23. The lowest BCUT2D eigenvalue weighted by molar-refractivity contribution is 0.415. The van der Waals surface area contributed by atoms with Gasteiger partial charge in [0.2, 0.25) is 5.95 Å². The SMILES string of the molecule is COc1ccc(C2=NN(c3nc(-c4ccc(Cl)cc4)c4ccccc4n3)[C@H](c3ccccc3)C2)cc1. The van der Waals surface area contributed by atoms with Gasteiger partial charge in [0.25, 0.3) is 0 Å². The fraction of sp³-hybridized carbons (Fsp3) is 0.100. The Morgan fingerprint density at radius 3 is 2.22 bits per heavy atom. The Morgan fingerprint density at radius 1 is 0.778 bits per heavy atom. The van der Waals surface area contributed by atoms with Gasteiger partial charge in [-0.1, -0.05) is 72.3 Å². The van der Waals surface area contributed by atoms with Crippen molar-refractivity contribution in [3.8, 4) is 17.0 Å². The van der Waals surface area contributed by atoms with E-state index in [0.29, 0.717) is 11.0 Å². The van der Waals surface area contributed by atoms with Crippen LogP contribution in [-0.2, 0) is 0 Å². The summed E-state index contributed by atoms with van der Waals surface area (Å²) < 4.78 is 5.34. The van der Waals surface area contributed by atoms with E-state index in [9.17, 15) is 0 Å². The highest BCUT2D eigenvalue weighted by molar-refractivity contribution is 6.30. The maximum atomic E-state index is 6.17. The maximum Gasteiger partial charge on any atom is 0.247 e. The summed E-state index contributed by atoms with van der Waals surface area (Å²) in [6.45, 7) is 0. The number of hydrogen-bond donors (Lipinski definition) is 0. The molecule has 1 aliphatic rings. The zero-order valence-electron chi connectivity index (χ0n) is 19.7. The largest absolute Gasteiger partial charge is 0.497 e. The molecule has 5 aromatic rings. The predicted molar refractivity (Wildman–Crippen MR) is 146 cm³/mol. The summed E-state index contributed by atoms with van der Waals surface area (Å²) in [4.78, 5) is 10.0. The van der Waals surface area contributed by atoms with E-state index in [0.717, 1.165) is 51.2 Å². The van der Waals surface area contributed by atoms with Gasteiger partial charge in [-0.15, -0.1) is 0 Å². The first-order valence-corrected chi connectivity index (χ1v) is 12.2. The summed E-state index contributed by atoms with van der Waals surface area (Å²) in [5.41, 5.74) is 5.90. The van der Waals surface area contributed by atoms with Crippen molar-refractivity contribution in [2.75, 3.05) is 12.1 Å². The van der Waals surface area contributed by atoms with Gasteiger partial charge in [0.15, 0.2) is 0 Å². The monoisotopic (exact) mass is 490 g/mol. The van der Waals surface area contributed by atoms with Gasteiger partial charge >= 0.3 is 0 Å². The second kappa shape index (κ2) is 9.44. The Hall–Kier alpha value is -4.22. The van der Waals surface area contributed by atoms with Crippen molar-refractivity contribution in [1.29, 1.82) is 0 Å². The van der Waals surface area contributed by atoms with Gasteiger partial charge in [-0.2, -0.15) is 5.10 Å². The Bertz CT molecular complexity index is 1550. The molecule has 1 aromatic heterocycles. The minimum atomic E-state index is -0.0254. The fourth-order valence-corrected chi connectivity index (χ4v) is 4.71. The van der Waals surface area contributed by atoms with Gasteiger partial charge in [0, 0.05) is 22.4 Å². The quantitative estimate of drug-likeness (QED) is 0.259. The maximum absolute atomic E-state index is 6.17. The fourth-order valence-electron chi connectivity index (χ4n) is 4.58. The van der Waals surface area contributed by atoms with Crippen molar-refractivity contribution in [2.24, 2.45) is 5.10 Å². The standard InChI is InChI=1S/C30H23ClN4O/c1-36-24-17-13-20(14-18-24)27-19-28(21-7-3-2-4-8-21)35(34-27)30-32-26-10-6-5-9-25(26)29(33-30)22-11-15-23(31)16-12-22/h2-18,28H,19H2,1H3/t28-/m0/s1. The number of hydrogen-bond acceptors (Lipinski definition) is 5. The second-order valence-electron chi connectivity index (χ2n) is 8.65. The summed E-state index contributed by atoms with van der Waals surface area (Å²) in [5.74, 6) is 1.38. The number of anilines is 1. The van der Waals surface area contributed by atoms with Crippen molar-refractivity contribution < 1.29 is 4.74 Å². The number of hydrazone groups is 1. The van der Waals surface area contributed by atoms with Crippen LogP contribution in [0.4, 0.5) is 5.95 Å². The van der Waals surface area contributed by atoms with E-state index in [2.05, 4.69) is 24.3 Å². The summed E-state index contributed by atoms with van der Waals surface area (Å²) >= 11 is 6.17. The Kier molecular flexibility index (Phi) is 5.84. The molecular weight excluding hydrogens is 468 g/mol. The Labute approximate surface area is 214 Å². The zero-order valence-corrected chi connectivity index (χ0v) is 20.4. The molecule has 36 heavy (non-hydrogen) atoms. The van der Waals surface area contributed by atoms with E-state index in [1.54, 1.807) is 7.11 Å². The Balaban J connectivity index is 1.50. The lowest BCUT2D eigenvalue weighted by Crippen LogP contribution is -2.21. The van der Waals surface area contributed by atoms with E-state index in [-0.39, 0.29) is 6.04 Å². The van der Waals surface area contributed by atoms with Crippen molar-refractivity contribution in [2.45, 2.75) is 12.5 Å². The van der Waals surface area contributed by atoms with Crippen LogP contribution in [0.2, 0.25) is 5.02 Å². The molecule has 0 unspecified atom stereocenters. The molecule has 0 saturated heterocycles. The normalized spacial score (nSPS) is 15.2. The summed E-state index contributed by atoms with van der Waals surface area (Å²) in [6, 6.07) is 34.2. The van der Waals surface area contributed by atoms with Crippen LogP contribution in [0.5, 0.6) is 5.75 Å². The predicted octanol–water partition coefficient (Wildman–Crippen LogP) is 7.31. The van der Waals surface area contributed by atoms with Gasteiger partial charge in [0.05, 0.1) is 30.1 Å². The highest BCUT2D eigenvalue weighted by Gasteiger charge is 2.32. The molecule has 4 aromatic carbocycles. The van der Waals surface area contributed by atoms with Crippen LogP contribution in [0.15, 0.2) is 108 Å². The van der Waals surface area contributed by atoms with E-state index >= 15 is 0 Å². The first-order valence-electron chi connectivity index (χ1n) is 11.8. The van der Waals surface area contributed by atoms with Gasteiger partial charge in [-0.3, -0.25) is 0 Å². The van der Waals surface area contributed by atoms with E-state index in [4.69, 9.17) is 31.4 Å². The number of ether oxygens (including phenoxy) is 1. The minimum Gasteiger partial charge on any atom is -0.497 e. The van der Waals surface area contributed by atoms with Crippen LogP contribution in [0, 0.1) is 0 Å². The molecule has 0 aliphatic carbocycles. The number of nitrogens with zero attached hydrogens (tertiary/aromatic N) is 4. The molecular formula is C30H23ClN4O. The number of benzene rings is 4. The average Bonchev–Trinajstić information content (AvgIpc) is 3.39. The van der Waals surface area contributed by atoms with Crippen molar-refractivity contribution >= 4 is 34.2 Å². The third kappa shape index (κ3) is 4.18. The molecule has 176 valence electrons. The topological polar surface area (TPSA) is 50.6 Å². The van der Waals surface area contributed by atoms with Crippen LogP contribution in [0.3, 0.4) is 0 Å². The molecule has 6 rings (SSSR count). The molecule has 0 amide bonds. The third-order valence-corrected chi connectivity index (χ3v) is 6.68. The van der Waals surface area contributed by atoms with Gasteiger partial charge in [0.1, 0.15) is 5.75 Å². The number of methoxy groups -OCH3 is 1. The van der Waals surface area contributed by atoms with Crippen LogP contribution >= 0.6 is 11.6 Å². The molecule has 5 nitrogen and oxygen atoms in total. The average molecular weight is 491 g/mol. The number of rotatable bonds is 5. The molecule has 0 saturated carbocycles. The smallest absolute Gasteiger partial charge is 0.247 e. The van der Waals surface area contributed by atoms with Gasteiger partial charge in [-0.05, 0) is 53.6 Å². The molecule has 2 heterocycles. The van der Waals surface area contributed by atoms with E-state index in [1.807, 2.05) is 83.9 Å². The first-order chi connectivity index (χ1) is 17.7. The van der Waals surface area contributed by atoms with Crippen molar-refractivity contribution in [3.05, 3.63) is 119 Å². The summed E-state index contributed by atoms with van der Waals surface area (Å²) in [7, 11) is 1.67. The molecule has 0 N–H and O–H groups in total. The Morgan fingerprint density at radius 2 is 1.47 bits per heavy atom. The molecule has 1 aliphatic heterocycles. The number of aromatic nitrogens is 2. The highest BCUT2D eigenvalue weighted by atomic mass is 35.5. The number of halogens is 1. The van der Waals surface area contributed by atoms with Crippen LogP contribution < -0.4 is 9.75 Å².